The predicted octanol–water partition coefficient (Wildman–Crippen LogP) is 2.81. The summed E-state index contributed by atoms with van der Waals surface area (Å²) in [7, 11) is 3.62. The van der Waals surface area contributed by atoms with Gasteiger partial charge in [0, 0.05) is 44.9 Å². The van der Waals surface area contributed by atoms with Crippen molar-refractivity contribution in [2.75, 3.05) is 31.6 Å². The molecule has 29 heavy (non-hydrogen) atoms. The molecule has 0 saturated carbocycles. The van der Waals surface area contributed by atoms with E-state index < -0.39 is 0 Å². The Bertz CT molecular complexity index is 876. The van der Waals surface area contributed by atoms with Crippen LogP contribution in [-0.2, 0) is 11.8 Å². The van der Waals surface area contributed by atoms with E-state index in [4.69, 9.17) is 4.74 Å². The lowest BCUT2D eigenvalue weighted by molar-refractivity contribution is -0.133. The van der Waals surface area contributed by atoms with Crippen molar-refractivity contribution in [1.82, 2.24) is 19.7 Å². The number of hydrogen-bond acceptors (Lipinski definition) is 5. The minimum Gasteiger partial charge on any atom is -0.497 e. The van der Waals surface area contributed by atoms with Crippen LogP contribution in [0.4, 0.5) is 5.95 Å². The van der Waals surface area contributed by atoms with Crippen molar-refractivity contribution in [2.24, 2.45) is 24.8 Å². The van der Waals surface area contributed by atoms with Crippen LogP contribution in [0.25, 0.3) is 0 Å². The Morgan fingerprint density at radius 2 is 1.93 bits per heavy atom. The first-order valence-electron chi connectivity index (χ1n) is 10.4. The number of aromatic nitrogens is 3. The molecule has 1 amide bonds. The highest BCUT2D eigenvalue weighted by Gasteiger charge is 2.49. The third-order valence-corrected chi connectivity index (χ3v) is 6.15. The number of carbonyl (C=O) groups is 1. The fraction of sp³-hybridized carbons (Fsp3) is 0.591. The predicted molar refractivity (Wildman–Crippen MR) is 112 cm³/mol. The lowest BCUT2D eigenvalue weighted by Crippen LogP contribution is -2.36. The summed E-state index contributed by atoms with van der Waals surface area (Å²) in [5, 5.41) is 4.41. The number of rotatable bonds is 5. The van der Waals surface area contributed by atoms with E-state index in [-0.39, 0.29) is 11.9 Å². The van der Waals surface area contributed by atoms with E-state index in [1.807, 2.05) is 30.8 Å². The van der Waals surface area contributed by atoms with Crippen LogP contribution in [0.3, 0.4) is 0 Å². The number of methoxy groups -OCH3 is 1. The monoisotopic (exact) mass is 397 g/mol. The minimum absolute atomic E-state index is 0.0940. The van der Waals surface area contributed by atoms with Crippen LogP contribution in [0.1, 0.15) is 37.7 Å². The number of benzene rings is 1. The Kier molecular flexibility index (Phi) is 5.23. The van der Waals surface area contributed by atoms with E-state index in [0.29, 0.717) is 24.2 Å². The molecule has 2 aliphatic heterocycles. The fourth-order valence-corrected chi connectivity index (χ4v) is 4.94. The van der Waals surface area contributed by atoms with Gasteiger partial charge >= 0.3 is 0 Å². The van der Waals surface area contributed by atoms with Crippen molar-refractivity contribution in [1.29, 1.82) is 0 Å². The molecule has 3 heterocycles. The number of ether oxygens (including phenoxy) is 1. The summed E-state index contributed by atoms with van der Waals surface area (Å²) >= 11 is 0. The summed E-state index contributed by atoms with van der Waals surface area (Å²) in [6.07, 6.45) is 0.596. The van der Waals surface area contributed by atoms with Gasteiger partial charge in [-0.2, -0.15) is 10.1 Å². The average molecular weight is 398 g/mol. The zero-order valence-corrected chi connectivity index (χ0v) is 18.0. The number of likely N-dealkylation sites (tertiary alicyclic amines) is 1. The zero-order valence-electron chi connectivity index (χ0n) is 18.0. The van der Waals surface area contributed by atoms with Crippen LogP contribution < -0.4 is 9.64 Å². The molecule has 0 aliphatic carbocycles. The van der Waals surface area contributed by atoms with Crippen LogP contribution in [0.15, 0.2) is 24.3 Å². The molecule has 2 aromatic rings. The van der Waals surface area contributed by atoms with E-state index >= 15 is 0 Å². The highest BCUT2D eigenvalue weighted by atomic mass is 16.5. The highest BCUT2D eigenvalue weighted by Crippen LogP contribution is 2.46. The molecule has 7 heteroatoms. The Morgan fingerprint density at radius 3 is 2.52 bits per heavy atom. The van der Waals surface area contributed by atoms with E-state index in [0.717, 1.165) is 37.2 Å². The molecule has 0 spiro atoms. The van der Waals surface area contributed by atoms with Gasteiger partial charge in [-0.1, -0.05) is 26.0 Å². The van der Waals surface area contributed by atoms with Crippen molar-refractivity contribution in [2.45, 2.75) is 33.2 Å². The average Bonchev–Trinajstić information content (AvgIpc) is 3.32. The van der Waals surface area contributed by atoms with Gasteiger partial charge in [0.2, 0.25) is 11.9 Å². The van der Waals surface area contributed by atoms with E-state index in [1.165, 1.54) is 5.56 Å². The maximum absolute atomic E-state index is 13.1. The third-order valence-electron chi connectivity index (χ3n) is 6.15. The first-order valence-corrected chi connectivity index (χ1v) is 10.4. The van der Waals surface area contributed by atoms with Crippen LogP contribution in [0.5, 0.6) is 5.75 Å². The lowest BCUT2D eigenvalue weighted by Gasteiger charge is -2.30. The summed E-state index contributed by atoms with van der Waals surface area (Å²) in [4.78, 5) is 22.1. The van der Waals surface area contributed by atoms with Crippen molar-refractivity contribution in [3.63, 3.8) is 0 Å². The van der Waals surface area contributed by atoms with Gasteiger partial charge in [0.25, 0.3) is 0 Å². The maximum atomic E-state index is 13.1. The Balaban J connectivity index is 1.62. The van der Waals surface area contributed by atoms with Crippen molar-refractivity contribution >= 4 is 11.9 Å². The van der Waals surface area contributed by atoms with Gasteiger partial charge in [-0.3, -0.25) is 4.79 Å². The van der Waals surface area contributed by atoms with Crippen LogP contribution in [0, 0.1) is 24.7 Å². The fourth-order valence-electron chi connectivity index (χ4n) is 4.94. The summed E-state index contributed by atoms with van der Waals surface area (Å²) in [5.74, 6) is 4.00. The molecule has 7 nitrogen and oxygen atoms in total. The first kappa shape index (κ1) is 19.7. The normalized spacial score (nSPS) is 23.7. The Labute approximate surface area is 172 Å². The number of amides is 1. The smallest absolute Gasteiger partial charge is 0.223 e. The topological polar surface area (TPSA) is 63.5 Å². The molecule has 0 unspecified atom stereocenters. The second-order valence-electron chi connectivity index (χ2n) is 8.77. The van der Waals surface area contributed by atoms with Gasteiger partial charge in [-0.05, 0) is 30.5 Å². The quantitative estimate of drug-likeness (QED) is 0.776. The number of hydrogen-bond donors (Lipinski definition) is 0. The van der Waals surface area contributed by atoms with Crippen LogP contribution in [0.2, 0.25) is 0 Å². The van der Waals surface area contributed by atoms with Crippen LogP contribution >= 0.6 is 0 Å². The van der Waals surface area contributed by atoms with Crippen molar-refractivity contribution < 1.29 is 9.53 Å². The molecule has 1 aromatic heterocycles. The number of nitrogens with zero attached hydrogens (tertiary/aromatic N) is 5. The van der Waals surface area contributed by atoms with Crippen LogP contribution in [-0.4, -0.2) is 52.3 Å². The molecule has 0 N–H and O–H groups in total. The van der Waals surface area contributed by atoms with E-state index in [9.17, 15) is 4.79 Å². The van der Waals surface area contributed by atoms with Gasteiger partial charge in [0.15, 0.2) is 0 Å². The SMILES string of the molecule is COc1ccc([C@H]2[C@H]3CN(c4nc(C)nn4C)C[C@H]3CN2C(=O)CC(C)C)cc1. The molecule has 1 aromatic carbocycles. The number of anilines is 1. The third kappa shape index (κ3) is 3.70. The Hall–Kier alpha value is -2.57. The molecule has 156 valence electrons. The maximum Gasteiger partial charge on any atom is 0.223 e. The standard InChI is InChI=1S/C22H31N5O2/c1-14(2)10-20(28)27-12-17-11-26(22-23-15(3)24-25(22)4)13-19(17)21(27)16-6-8-18(29-5)9-7-16/h6-9,14,17,19,21H,10-13H2,1-5H3/t17-,19-,21-/m0/s1. The molecular weight excluding hydrogens is 366 g/mol. The molecule has 2 saturated heterocycles. The molecule has 4 rings (SSSR count). The molecule has 0 radical (unpaired) electrons. The van der Waals surface area contributed by atoms with E-state index in [2.05, 4.69) is 45.9 Å². The summed E-state index contributed by atoms with van der Waals surface area (Å²) in [6, 6.07) is 8.29. The number of fused-ring (bicyclic) bond motifs is 1. The second kappa shape index (κ2) is 7.69. The van der Waals surface area contributed by atoms with Gasteiger partial charge in [-0.15, -0.1) is 0 Å². The summed E-state index contributed by atoms with van der Waals surface area (Å²) in [5.41, 5.74) is 1.19. The molecule has 0 bridgehead atoms. The second-order valence-corrected chi connectivity index (χ2v) is 8.77. The lowest BCUT2D eigenvalue weighted by atomic mass is 9.89. The zero-order chi connectivity index (χ0) is 20.7. The highest BCUT2D eigenvalue weighted by molar-refractivity contribution is 5.77. The first-order chi connectivity index (χ1) is 13.9. The van der Waals surface area contributed by atoms with Gasteiger partial charge < -0.3 is 14.5 Å². The van der Waals surface area contributed by atoms with Gasteiger partial charge in [-0.25, -0.2) is 4.68 Å². The molecule has 2 fully saturated rings. The number of aryl methyl sites for hydroxylation is 2. The molecule has 2 aliphatic rings. The Morgan fingerprint density at radius 1 is 1.21 bits per heavy atom. The van der Waals surface area contributed by atoms with E-state index in [1.54, 1.807) is 7.11 Å². The number of carbonyl (C=O) groups excluding carboxylic acids is 1. The van der Waals surface area contributed by atoms with Crippen molar-refractivity contribution in [3.8, 4) is 5.75 Å². The van der Waals surface area contributed by atoms with Gasteiger partial charge in [0.05, 0.1) is 13.2 Å². The summed E-state index contributed by atoms with van der Waals surface area (Å²) < 4.78 is 7.19. The molecular formula is C22H31N5O2. The summed E-state index contributed by atoms with van der Waals surface area (Å²) in [6.45, 7) is 8.74. The van der Waals surface area contributed by atoms with Gasteiger partial charge in [0.1, 0.15) is 11.6 Å². The van der Waals surface area contributed by atoms with Crippen molar-refractivity contribution in [3.05, 3.63) is 35.7 Å². The largest absolute Gasteiger partial charge is 0.497 e. The minimum atomic E-state index is 0.0940. The molecule has 3 atom stereocenters.